The Morgan fingerprint density at radius 3 is 2.81 bits per heavy atom. The third kappa shape index (κ3) is 3.78. The van der Waals surface area contributed by atoms with Crippen LogP contribution >= 0.6 is 0 Å². The molecule has 1 fully saturated rings. The molecule has 1 aromatic heterocycles. The molecule has 2 aliphatic rings. The molecule has 0 saturated carbocycles. The van der Waals surface area contributed by atoms with Gasteiger partial charge in [0, 0.05) is 30.9 Å². The summed E-state index contributed by atoms with van der Waals surface area (Å²) in [4.78, 5) is 39.4. The molecule has 1 aromatic carbocycles. The quantitative estimate of drug-likeness (QED) is 0.765. The van der Waals surface area contributed by atoms with Crippen LogP contribution in [0.2, 0.25) is 0 Å². The fourth-order valence-corrected chi connectivity index (χ4v) is 3.89. The summed E-state index contributed by atoms with van der Waals surface area (Å²) in [6.45, 7) is 2.29. The fourth-order valence-electron chi connectivity index (χ4n) is 3.89. The monoisotopic (exact) mass is 433 g/mol. The highest BCUT2D eigenvalue weighted by atomic mass is 19.1. The summed E-state index contributed by atoms with van der Waals surface area (Å²) < 4.78 is 34.1. The lowest BCUT2D eigenvalue weighted by atomic mass is 10.1. The van der Waals surface area contributed by atoms with Gasteiger partial charge in [0.25, 0.3) is 11.8 Å². The van der Waals surface area contributed by atoms with Crippen LogP contribution in [0.3, 0.4) is 0 Å². The Hall–Kier alpha value is -3.27. The lowest BCUT2D eigenvalue weighted by Gasteiger charge is -2.43. The summed E-state index contributed by atoms with van der Waals surface area (Å²) in [5.41, 5.74) is -1.56. The summed E-state index contributed by atoms with van der Waals surface area (Å²) in [5.74, 6) is -3.80. The highest BCUT2D eigenvalue weighted by molar-refractivity contribution is 5.99. The lowest BCUT2D eigenvalue weighted by molar-refractivity contribution is -0.134. The Morgan fingerprint density at radius 2 is 2.10 bits per heavy atom. The maximum atomic E-state index is 13.8. The standard InChI is InChI=1S/C21H21F2N3O5/c1-2-13-5-6-26-16(31-13)10-25-9-14(18(27)19(28)17(25)21(26)30)20(29)24-8-11-3-4-12(22)7-15(11)23/h3-4,7,9,13,16,28H,2,5-6,8,10H2,1H3,(H,24,29)/t13-,16+/m0/s1. The van der Waals surface area contributed by atoms with E-state index in [0.717, 1.165) is 12.5 Å². The Labute approximate surface area is 176 Å². The van der Waals surface area contributed by atoms with E-state index in [1.807, 2.05) is 6.92 Å². The second-order valence-electron chi connectivity index (χ2n) is 7.55. The average molecular weight is 433 g/mol. The smallest absolute Gasteiger partial charge is 0.276 e. The molecule has 0 radical (unpaired) electrons. The molecule has 4 rings (SSSR count). The van der Waals surface area contributed by atoms with Crippen LogP contribution in [0.4, 0.5) is 8.78 Å². The summed E-state index contributed by atoms with van der Waals surface area (Å²) in [6, 6.07) is 2.92. The van der Waals surface area contributed by atoms with E-state index in [-0.39, 0.29) is 30.5 Å². The molecule has 164 valence electrons. The van der Waals surface area contributed by atoms with Crippen molar-refractivity contribution >= 4 is 11.8 Å². The second kappa shape index (κ2) is 8.10. The SMILES string of the molecule is CC[C@H]1CCN2C(=O)c3c(O)c(=O)c(C(=O)NCc4ccc(F)cc4F)cn3C[C@H]2O1. The molecule has 0 bridgehead atoms. The van der Waals surface area contributed by atoms with E-state index in [1.54, 1.807) is 0 Å². The van der Waals surface area contributed by atoms with Crippen LogP contribution in [0, 0.1) is 11.6 Å². The molecule has 10 heteroatoms. The molecule has 2 aliphatic heterocycles. The van der Waals surface area contributed by atoms with Gasteiger partial charge in [0.1, 0.15) is 17.2 Å². The molecule has 2 N–H and O–H groups in total. The van der Waals surface area contributed by atoms with E-state index in [0.29, 0.717) is 19.0 Å². The fraction of sp³-hybridized carbons (Fsp3) is 0.381. The number of nitrogens with one attached hydrogen (secondary N) is 1. The van der Waals surface area contributed by atoms with Gasteiger partial charge in [-0.05, 0) is 18.9 Å². The predicted octanol–water partition coefficient (Wildman–Crippen LogP) is 1.74. The van der Waals surface area contributed by atoms with Gasteiger partial charge in [-0.15, -0.1) is 0 Å². The van der Waals surface area contributed by atoms with E-state index >= 15 is 0 Å². The molecule has 1 saturated heterocycles. The Bertz CT molecular complexity index is 1120. The van der Waals surface area contributed by atoms with Crippen LogP contribution < -0.4 is 10.7 Å². The largest absolute Gasteiger partial charge is 0.503 e. The average Bonchev–Trinajstić information content (AvgIpc) is 2.74. The number of carbonyl (C=O) groups is 2. The Morgan fingerprint density at radius 1 is 1.32 bits per heavy atom. The van der Waals surface area contributed by atoms with Gasteiger partial charge in [-0.3, -0.25) is 14.4 Å². The Balaban J connectivity index is 1.60. The van der Waals surface area contributed by atoms with Gasteiger partial charge in [-0.25, -0.2) is 8.78 Å². The van der Waals surface area contributed by atoms with Crippen molar-refractivity contribution in [3.63, 3.8) is 0 Å². The number of halogens is 2. The molecule has 0 unspecified atom stereocenters. The Kier molecular flexibility index (Phi) is 5.48. The third-order valence-corrected chi connectivity index (χ3v) is 5.62. The molecule has 2 aromatic rings. The van der Waals surface area contributed by atoms with Gasteiger partial charge >= 0.3 is 0 Å². The number of ether oxygens (including phenoxy) is 1. The molecule has 3 heterocycles. The summed E-state index contributed by atoms with van der Waals surface area (Å²) in [6.07, 6.45) is 2.07. The third-order valence-electron chi connectivity index (χ3n) is 5.62. The topological polar surface area (TPSA) is 101 Å². The highest BCUT2D eigenvalue weighted by Crippen LogP contribution is 2.29. The first-order valence-corrected chi connectivity index (χ1v) is 9.95. The molecular formula is C21H21F2N3O5. The number of hydrogen-bond acceptors (Lipinski definition) is 5. The van der Waals surface area contributed by atoms with Crippen LogP contribution in [0.15, 0.2) is 29.2 Å². The summed E-state index contributed by atoms with van der Waals surface area (Å²) in [7, 11) is 0. The van der Waals surface area contributed by atoms with Crippen molar-refractivity contribution in [3.05, 3.63) is 63.1 Å². The number of rotatable bonds is 4. The minimum Gasteiger partial charge on any atom is -0.503 e. The first-order valence-electron chi connectivity index (χ1n) is 9.95. The van der Waals surface area contributed by atoms with Gasteiger partial charge in [0.2, 0.25) is 5.43 Å². The number of hydrogen-bond donors (Lipinski definition) is 2. The van der Waals surface area contributed by atoms with Gasteiger partial charge < -0.3 is 24.6 Å². The first-order chi connectivity index (χ1) is 14.8. The van der Waals surface area contributed by atoms with Gasteiger partial charge in [0.15, 0.2) is 17.7 Å². The minimum atomic E-state index is -1.00. The number of fused-ring (bicyclic) bond motifs is 2. The summed E-state index contributed by atoms with van der Waals surface area (Å²) >= 11 is 0. The van der Waals surface area contributed by atoms with Crippen LogP contribution in [-0.2, 0) is 17.8 Å². The van der Waals surface area contributed by atoms with Crippen molar-refractivity contribution in [3.8, 4) is 5.75 Å². The van der Waals surface area contributed by atoms with Crippen LogP contribution in [0.5, 0.6) is 5.75 Å². The summed E-state index contributed by atoms with van der Waals surface area (Å²) in [5, 5.41) is 12.8. The lowest BCUT2D eigenvalue weighted by Crippen LogP contribution is -2.55. The van der Waals surface area contributed by atoms with E-state index in [9.17, 15) is 28.3 Å². The molecule has 8 nitrogen and oxygen atoms in total. The van der Waals surface area contributed by atoms with E-state index in [2.05, 4.69) is 5.32 Å². The normalized spacial score (nSPS) is 20.2. The minimum absolute atomic E-state index is 0.00282. The number of aromatic nitrogens is 1. The zero-order chi connectivity index (χ0) is 22.3. The van der Waals surface area contributed by atoms with Gasteiger partial charge in [-0.1, -0.05) is 13.0 Å². The second-order valence-corrected chi connectivity index (χ2v) is 7.55. The van der Waals surface area contributed by atoms with E-state index in [1.165, 1.54) is 21.7 Å². The molecular weight excluding hydrogens is 412 g/mol. The number of amides is 2. The van der Waals surface area contributed by atoms with Crippen molar-refractivity contribution in [2.75, 3.05) is 6.54 Å². The molecule has 2 atom stereocenters. The first kappa shape index (κ1) is 21.0. The van der Waals surface area contributed by atoms with Crippen molar-refractivity contribution in [1.82, 2.24) is 14.8 Å². The molecule has 31 heavy (non-hydrogen) atoms. The van der Waals surface area contributed by atoms with Crippen LogP contribution in [0.1, 0.15) is 46.2 Å². The molecule has 0 spiro atoms. The zero-order valence-electron chi connectivity index (χ0n) is 16.7. The predicted molar refractivity (Wildman–Crippen MR) is 105 cm³/mol. The maximum absolute atomic E-state index is 13.8. The number of carbonyl (C=O) groups excluding carboxylic acids is 2. The van der Waals surface area contributed by atoms with E-state index in [4.69, 9.17) is 4.74 Å². The number of aromatic hydroxyl groups is 1. The van der Waals surface area contributed by atoms with Crippen LogP contribution in [-0.4, -0.2) is 45.3 Å². The van der Waals surface area contributed by atoms with Gasteiger partial charge in [0.05, 0.1) is 12.6 Å². The van der Waals surface area contributed by atoms with Crippen molar-refractivity contribution in [2.24, 2.45) is 0 Å². The van der Waals surface area contributed by atoms with Crippen molar-refractivity contribution < 1.29 is 28.2 Å². The van der Waals surface area contributed by atoms with Gasteiger partial charge in [-0.2, -0.15) is 0 Å². The molecule has 2 amide bonds. The van der Waals surface area contributed by atoms with E-state index < -0.39 is 46.4 Å². The molecule has 0 aliphatic carbocycles. The van der Waals surface area contributed by atoms with Crippen LogP contribution in [0.25, 0.3) is 0 Å². The number of nitrogens with zero attached hydrogens (tertiary/aromatic N) is 2. The van der Waals surface area contributed by atoms with Crippen molar-refractivity contribution in [2.45, 2.75) is 45.2 Å². The van der Waals surface area contributed by atoms with Crippen molar-refractivity contribution in [1.29, 1.82) is 0 Å². The maximum Gasteiger partial charge on any atom is 0.276 e. The number of benzene rings is 1. The zero-order valence-corrected chi connectivity index (χ0v) is 16.7. The highest BCUT2D eigenvalue weighted by Gasteiger charge is 2.40. The number of pyridine rings is 1.